The van der Waals surface area contributed by atoms with Crippen molar-refractivity contribution in [2.45, 2.75) is 13.8 Å². The first kappa shape index (κ1) is 11.3. The van der Waals surface area contributed by atoms with Gasteiger partial charge in [0.2, 0.25) is 0 Å². The van der Waals surface area contributed by atoms with Crippen LogP contribution < -0.4 is 0 Å². The third-order valence-corrected chi connectivity index (χ3v) is 2.90. The highest BCUT2D eigenvalue weighted by Crippen LogP contribution is 2.38. The average Bonchev–Trinajstić information content (AvgIpc) is 2.32. The Hall–Kier alpha value is -2.16. The van der Waals surface area contributed by atoms with E-state index in [2.05, 4.69) is 0 Å². The van der Waals surface area contributed by atoms with Gasteiger partial charge in [0.1, 0.15) is 5.75 Å². The number of phenols is 3. The van der Waals surface area contributed by atoms with E-state index in [-0.39, 0.29) is 17.2 Å². The molecule has 0 aliphatic heterocycles. The highest BCUT2D eigenvalue weighted by Gasteiger charge is 2.12. The molecule has 0 unspecified atom stereocenters. The number of rotatable bonds is 1. The summed E-state index contributed by atoms with van der Waals surface area (Å²) in [6, 6.07) is 8.54. The van der Waals surface area contributed by atoms with Crippen LogP contribution in [0.15, 0.2) is 30.3 Å². The summed E-state index contributed by atoms with van der Waals surface area (Å²) < 4.78 is 0. The maximum atomic E-state index is 9.78. The quantitative estimate of drug-likeness (QED) is 0.660. The molecule has 0 fully saturated rings. The Morgan fingerprint density at radius 1 is 0.824 bits per heavy atom. The molecule has 3 N–H and O–H groups in total. The topological polar surface area (TPSA) is 60.7 Å². The molecule has 2 aromatic rings. The summed E-state index contributed by atoms with van der Waals surface area (Å²) in [6.45, 7) is 3.48. The molecule has 2 rings (SSSR count). The summed E-state index contributed by atoms with van der Waals surface area (Å²) in [5.41, 5.74) is 2.98. The summed E-state index contributed by atoms with van der Waals surface area (Å²) in [6.07, 6.45) is 0. The smallest absolute Gasteiger partial charge is 0.161 e. The first-order valence-electron chi connectivity index (χ1n) is 5.32. The fraction of sp³-hybridized carbons (Fsp3) is 0.143. The van der Waals surface area contributed by atoms with E-state index in [1.165, 1.54) is 0 Å². The molecule has 0 aliphatic rings. The molecule has 0 spiro atoms. The second kappa shape index (κ2) is 4.01. The van der Waals surface area contributed by atoms with E-state index in [1.54, 1.807) is 38.1 Å². The third kappa shape index (κ3) is 1.91. The Morgan fingerprint density at radius 2 is 1.41 bits per heavy atom. The van der Waals surface area contributed by atoms with Gasteiger partial charge < -0.3 is 15.3 Å². The summed E-state index contributed by atoms with van der Waals surface area (Å²) in [5.74, 6) is 0.0317. The van der Waals surface area contributed by atoms with Crippen LogP contribution in [0.1, 0.15) is 11.1 Å². The van der Waals surface area contributed by atoms with Crippen molar-refractivity contribution in [2.75, 3.05) is 0 Å². The SMILES string of the molecule is Cc1cc(-c2ccc(O)cc2)c(C)c(O)c1O. The van der Waals surface area contributed by atoms with Crippen LogP contribution in [0.4, 0.5) is 0 Å². The molecule has 0 radical (unpaired) electrons. The largest absolute Gasteiger partial charge is 0.508 e. The molecule has 2 aromatic carbocycles. The molecule has 3 nitrogen and oxygen atoms in total. The molecule has 88 valence electrons. The van der Waals surface area contributed by atoms with E-state index in [1.807, 2.05) is 6.07 Å². The van der Waals surface area contributed by atoms with Crippen molar-refractivity contribution in [3.05, 3.63) is 41.5 Å². The Bertz CT molecular complexity index is 557. The molecule has 0 heterocycles. The van der Waals surface area contributed by atoms with Crippen LogP contribution in [0.25, 0.3) is 11.1 Å². The fourth-order valence-corrected chi connectivity index (χ4v) is 1.83. The van der Waals surface area contributed by atoms with Gasteiger partial charge in [0, 0.05) is 5.56 Å². The summed E-state index contributed by atoms with van der Waals surface area (Å²) in [7, 11) is 0. The lowest BCUT2D eigenvalue weighted by Crippen LogP contribution is -1.87. The molecular weight excluding hydrogens is 216 g/mol. The van der Waals surface area contributed by atoms with Gasteiger partial charge in [-0.1, -0.05) is 12.1 Å². The van der Waals surface area contributed by atoms with Crippen molar-refractivity contribution >= 4 is 0 Å². The normalized spacial score (nSPS) is 10.5. The molecule has 3 heteroatoms. The van der Waals surface area contributed by atoms with Crippen LogP contribution in [0.3, 0.4) is 0 Å². The lowest BCUT2D eigenvalue weighted by atomic mass is 9.97. The Morgan fingerprint density at radius 3 is 2.00 bits per heavy atom. The zero-order valence-corrected chi connectivity index (χ0v) is 9.73. The highest BCUT2D eigenvalue weighted by molar-refractivity contribution is 5.73. The van der Waals surface area contributed by atoms with E-state index in [0.717, 1.165) is 11.1 Å². The zero-order valence-electron chi connectivity index (χ0n) is 9.73. The minimum absolute atomic E-state index is 0.0787. The van der Waals surface area contributed by atoms with Gasteiger partial charge in [0.25, 0.3) is 0 Å². The molecule has 0 saturated carbocycles. The van der Waals surface area contributed by atoms with Crippen molar-refractivity contribution in [2.24, 2.45) is 0 Å². The molecule has 0 amide bonds. The lowest BCUT2D eigenvalue weighted by Gasteiger charge is -2.12. The van der Waals surface area contributed by atoms with Gasteiger partial charge in [-0.05, 0) is 48.7 Å². The number of hydrogen-bond donors (Lipinski definition) is 3. The second-order valence-corrected chi connectivity index (χ2v) is 4.11. The minimum atomic E-state index is -0.0897. The Balaban J connectivity index is 2.64. The minimum Gasteiger partial charge on any atom is -0.508 e. The molecule has 0 atom stereocenters. The van der Waals surface area contributed by atoms with Crippen LogP contribution in [-0.2, 0) is 0 Å². The van der Waals surface area contributed by atoms with Gasteiger partial charge in [-0.2, -0.15) is 0 Å². The number of aryl methyl sites for hydroxylation is 1. The molecular formula is C14H14O3. The van der Waals surface area contributed by atoms with Crippen LogP contribution in [0.2, 0.25) is 0 Å². The van der Waals surface area contributed by atoms with E-state index in [4.69, 9.17) is 0 Å². The number of hydrogen-bond acceptors (Lipinski definition) is 3. The first-order valence-corrected chi connectivity index (χ1v) is 5.32. The van der Waals surface area contributed by atoms with Crippen LogP contribution >= 0.6 is 0 Å². The lowest BCUT2D eigenvalue weighted by molar-refractivity contribution is 0.399. The standard InChI is InChI=1S/C14H14O3/c1-8-7-12(9(2)14(17)13(8)16)10-3-5-11(15)6-4-10/h3-7,15-17H,1-2H3. The fourth-order valence-electron chi connectivity index (χ4n) is 1.83. The van der Waals surface area contributed by atoms with Crippen LogP contribution in [0, 0.1) is 13.8 Å². The molecule has 0 aliphatic carbocycles. The zero-order chi connectivity index (χ0) is 12.6. The van der Waals surface area contributed by atoms with Gasteiger partial charge in [0.05, 0.1) is 0 Å². The van der Waals surface area contributed by atoms with Crippen molar-refractivity contribution in [1.29, 1.82) is 0 Å². The second-order valence-electron chi connectivity index (χ2n) is 4.11. The van der Waals surface area contributed by atoms with E-state index >= 15 is 0 Å². The van der Waals surface area contributed by atoms with Gasteiger partial charge in [0.15, 0.2) is 11.5 Å². The number of benzene rings is 2. The van der Waals surface area contributed by atoms with Crippen LogP contribution in [0.5, 0.6) is 17.2 Å². The summed E-state index contributed by atoms with van der Waals surface area (Å²) in [4.78, 5) is 0. The van der Waals surface area contributed by atoms with Crippen molar-refractivity contribution < 1.29 is 15.3 Å². The van der Waals surface area contributed by atoms with Crippen molar-refractivity contribution in [3.63, 3.8) is 0 Å². The van der Waals surface area contributed by atoms with E-state index in [0.29, 0.717) is 11.1 Å². The van der Waals surface area contributed by atoms with Crippen molar-refractivity contribution in [3.8, 4) is 28.4 Å². The van der Waals surface area contributed by atoms with E-state index in [9.17, 15) is 15.3 Å². The highest BCUT2D eigenvalue weighted by atomic mass is 16.3. The maximum absolute atomic E-state index is 9.78. The third-order valence-electron chi connectivity index (χ3n) is 2.90. The van der Waals surface area contributed by atoms with E-state index < -0.39 is 0 Å². The van der Waals surface area contributed by atoms with Gasteiger partial charge >= 0.3 is 0 Å². The summed E-state index contributed by atoms with van der Waals surface area (Å²) >= 11 is 0. The average molecular weight is 230 g/mol. The molecule has 0 aromatic heterocycles. The Kier molecular flexibility index (Phi) is 2.68. The van der Waals surface area contributed by atoms with Gasteiger partial charge in [-0.25, -0.2) is 0 Å². The molecule has 0 saturated heterocycles. The molecule has 17 heavy (non-hydrogen) atoms. The first-order chi connectivity index (χ1) is 8.00. The maximum Gasteiger partial charge on any atom is 0.161 e. The summed E-state index contributed by atoms with van der Waals surface area (Å²) in [5, 5.41) is 28.6. The number of aromatic hydroxyl groups is 3. The predicted molar refractivity (Wildman–Crippen MR) is 66.3 cm³/mol. The van der Waals surface area contributed by atoms with Crippen LogP contribution in [-0.4, -0.2) is 15.3 Å². The van der Waals surface area contributed by atoms with Gasteiger partial charge in [-0.15, -0.1) is 0 Å². The number of phenolic OH excluding ortho intramolecular Hbond substituents is 3. The monoisotopic (exact) mass is 230 g/mol. The molecule has 0 bridgehead atoms. The Labute approximate surface area is 99.6 Å². The van der Waals surface area contributed by atoms with Gasteiger partial charge in [-0.3, -0.25) is 0 Å². The predicted octanol–water partition coefficient (Wildman–Crippen LogP) is 3.09. The van der Waals surface area contributed by atoms with Crippen molar-refractivity contribution in [1.82, 2.24) is 0 Å².